The number of amides is 2. The van der Waals surface area contributed by atoms with E-state index in [0.29, 0.717) is 12.1 Å². The molecule has 0 aromatic heterocycles. The van der Waals surface area contributed by atoms with Crippen LogP contribution >= 0.6 is 0 Å². The predicted molar refractivity (Wildman–Crippen MR) is 67.8 cm³/mol. The van der Waals surface area contributed by atoms with Gasteiger partial charge in [-0.15, -0.1) is 0 Å². The lowest BCUT2D eigenvalue weighted by atomic mass is 10.1. The number of hydrogen-bond acceptors (Lipinski definition) is 3. The highest BCUT2D eigenvalue weighted by atomic mass is 19.1. The minimum Gasteiger partial charge on any atom is -0.366 e. The molecule has 1 aliphatic heterocycles. The topological polar surface area (TPSA) is 75.4 Å². The lowest BCUT2D eigenvalue weighted by molar-refractivity contribution is -0.128. The van der Waals surface area contributed by atoms with Crippen LogP contribution in [0.4, 0.5) is 4.39 Å². The molecule has 1 aromatic carbocycles. The second-order valence-electron chi connectivity index (χ2n) is 4.65. The molecule has 6 heteroatoms. The second kappa shape index (κ2) is 5.36. The Balaban J connectivity index is 2.00. The molecule has 0 spiro atoms. The highest BCUT2D eigenvalue weighted by Gasteiger charge is 2.28. The van der Waals surface area contributed by atoms with Crippen molar-refractivity contribution in [3.63, 3.8) is 0 Å². The van der Waals surface area contributed by atoms with Crippen LogP contribution in [-0.4, -0.2) is 36.3 Å². The van der Waals surface area contributed by atoms with Gasteiger partial charge in [0.05, 0.1) is 6.04 Å². The standard InChI is InChI=1S/C13H16FN3O2/c1-17-5-4-11(13(17)19)16-7-9-3-2-8(12(15)18)6-10(9)14/h2-3,6,11,16H,4-5,7H2,1H3,(H2,15,18). The molecule has 0 saturated carbocycles. The van der Waals surface area contributed by atoms with Gasteiger partial charge in [0.1, 0.15) is 5.82 Å². The first-order valence-corrected chi connectivity index (χ1v) is 6.05. The number of rotatable bonds is 4. The van der Waals surface area contributed by atoms with Crippen LogP contribution in [0.3, 0.4) is 0 Å². The maximum Gasteiger partial charge on any atom is 0.248 e. The number of hydrogen-bond donors (Lipinski definition) is 2. The van der Waals surface area contributed by atoms with E-state index in [-0.39, 0.29) is 24.1 Å². The second-order valence-corrected chi connectivity index (χ2v) is 4.65. The number of carbonyl (C=O) groups is 2. The summed E-state index contributed by atoms with van der Waals surface area (Å²) in [5.74, 6) is -1.14. The molecule has 0 radical (unpaired) electrons. The number of likely N-dealkylation sites (N-methyl/N-ethyl adjacent to an activating group) is 1. The zero-order valence-corrected chi connectivity index (χ0v) is 10.6. The summed E-state index contributed by atoms with van der Waals surface area (Å²) in [6.07, 6.45) is 0.719. The summed E-state index contributed by atoms with van der Waals surface area (Å²) < 4.78 is 13.7. The normalized spacial score (nSPS) is 18.9. The number of carbonyl (C=O) groups excluding carboxylic acids is 2. The van der Waals surface area contributed by atoms with Crippen molar-refractivity contribution in [2.45, 2.75) is 19.0 Å². The molecule has 1 atom stereocenters. The van der Waals surface area contributed by atoms with Crippen molar-refractivity contribution in [1.82, 2.24) is 10.2 Å². The quantitative estimate of drug-likeness (QED) is 0.819. The van der Waals surface area contributed by atoms with Gasteiger partial charge in [-0.25, -0.2) is 4.39 Å². The Bertz CT molecular complexity index is 519. The van der Waals surface area contributed by atoms with Crippen molar-refractivity contribution in [2.75, 3.05) is 13.6 Å². The van der Waals surface area contributed by atoms with E-state index in [1.807, 2.05) is 0 Å². The molecule has 1 fully saturated rings. The third kappa shape index (κ3) is 2.90. The first-order chi connectivity index (χ1) is 8.99. The predicted octanol–water partition coefficient (Wildman–Crippen LogP) is 0.245. The summed E-state index contributed by atoms with van der Waals surface area (Å²) in [6, 6.07) is 3.83. The monoisotopic (exact) mass is 265 g/mol. The summed E-state index contributed by atoms with van der Waals surface area (Å²) in [5.41, 5.74) is 5.61. The van der Waals surface area contributed by atoms with Crippen LogP contribution < -0.4 is 11.1 Å². The number of nitrogens with two attached hydrogens (primary N) is 1. The van der Waals surface area contributed by atoms with Gasteiger partial charge >= 0.3 is 0 Å². The third-order valence-electron chi connectivity index (χ3n) is 3.30. The van der Waals surface area contributed by atoms with Crippen LogP contribution in [0.25, 0.3) is 0 Å². The number of primary amides is 1. The molecule has 0 bridgehead atoms. The Morgan fingerprint density at radius 2 is 2.32 bits per heavy atom. The summed E-state index contributed by atoms with van der Waals surface area (Å²) >= 11 is 0. The number of nitrogens with zero attached hydrogens (tertiary/aromatic N) is 1. The van der Waals surface area contributed by atoms with Crippen LogP contribution in [0, 0.1) is 5.82 Å². The van der Waals surface area contributed by atoms with E-state index in [2.05, 4.69) is 5.32 Å². The maximum atomic E-state index is 13.7. The maximum absolute atomic E-state index is 13.7. The number of benzene rings is 1. The molecule has 1 unspecified atom stereocenters. The minimum absolute atomic E-state index is 0.0224. The van der Waals surface area contributed by atoms with E-state index < -0.39 is 11.7 Å². The van der Waals surface area contributed by atoms with E-state index in [1.54, 1.807) is 11.9 Å². The fourth-order valence-electron chi connectivity index (χ4n) is 2.09. The van der Waals surface area contributed by atoms with Gasteiger partial charge in [-0.2, -0.15) is 0 Å². The molecule has 3 N–H and O–H groups in total. The fraction of sp³-hybridized carbons (Fsp3) is 0.385. The first-order valence-electron chi connectivity index (χ1n) is 6.05. The van der Waals surface area contributed by atoms with Crippen molar-refractivity contribution in [3.8, 4) is 0 Å². The fourth-order valence-corrected chi connectivity index (χ4v) is 2.09. The Morgan fingerprint density at radius 1 is 1.58 bits per heavy atom. The van der Waals surface area contributed by atoms with E-state index >= 15 is 0 Å². The van der Waals surface area contributed by atoms with E-state index in [4.69, 9.17) is 5.73 Å². The summed E-state index contributed by atoms with van der Waals surface area (Å²) in [7, 11) is 1.74. The molecule has 102 valence electrons. The summed E-state index contributed by atoms with van der Waals surface area (Å²) in [5, 5.41) is 3.02. The Labute approximate surface area is 110 Å². The first kappa shape index (κ1) is 13.5. The molecule has 0 aliphatic carbocycles. The molecule has 5 nitrogen and oxygen atoms in total. The smallest absolute Gasteiger partial charge is 0.248 e. The molecule has 1 aromatic rings. The highest BCUT2D eigenvalue weighted by Crippen LogP contribution is 2.13. The van der Waals surface area contributed by atoms with E-state index in [0.717, 1.165) is 12.5 Å². The number of nitrogens with one attached hydrogen (secondary N) is 1. The SMILES string of the molecule is CN1CCC(NCc2ccc(C(N)=O)cc2F)C1=O. The average molecular weight is 265 g/mol. The zero-order valence-electron chi connectivity index (χ0n) is 10.6. The molecular formula is C13H16FN3O2. The highest BCUT2D eigenvalue weighted by molar-refractivity contribution is 5.92. The largest absolute Gasteiger partial charge is 0.366 e. The number of likely N-dealkylation sites (tertiary alicyclic amines) is 1. The van der Waals surface area contributed by atoms with E-state index in [9.17, 15) is 14.0 Å². The van der Waals surface area contributed by atoms with Gasteiger partial charge < -0.3 is 16.0 Å². The Kier molecular flexibility index (Phi) is 3.80. The molecule has 1 heterocycles. The van der Waals surface area contributed by atoms with Crippen molar-refractivity contribution < 1.29 is 14.0 Å². The van der Waals surface area contributed by atoms with Crippen LogP contribution in [-0.2, 0) is 11.3 Å². The number of halogens is 1. The lowest BCUT2D eigenvalue weighted by Gasteiger charge is -2.12. The van der Waals surface area contributed by atoms with E-state index in [1.165, 1.54) is 12.1 Å². The van der Waals surface area contributed by atoms with Crippen LogP contribution in [0.2, 0.25) is 0 Å². The van der Waals surface area contributed by atoms with Crippen molar-refractivity contribution in [2.24, 2.45) is 5.73 Å². The molecule has 2 amide bonds. The van der Waals surface area contributed by atoms with Gasteiger partial charge in [-0.3, -0.25) is 9.59 Å². The van der Waals surface area contributed by atoms with Crippen molar-refractivity contribution in [3.05, 3.63) is 35.1 Å². The molecule has 1 aliphatic rings. The van der Waals surface area contributed by atoms with Gasteiger partial charge in [-0.1, -0.05) is 6.07 Å². The summed E-state index contributed by atoms with van der Waals surface area (Å²) in [4.78, 5) is 24.2. The van der Waals surface area contributed by atoms with Crippen molar-refractivity contribution in [1.29, 1.82) is 0 Å². The van der Waals surface area contributed by atoms with Gasteiger partial charge in [0, 0.05) is 31.3 Å². The van der Waals surface area contributed by atoms with Gasteiger partial charge in [0.15, 0.2) is 0 Å². The van der Waals surface area contributed by atoms with Gasteiger partial charge in [-0.05, 0) is 18.6 Å². The molecule has 2 rings (SSSR count). The molecular weight excluding hydrogens is 249 g/mol. The van der Waals surface area contributed by atoms with Crippen LogP contribution in [0.1, 0.15) is 22.3 Å². The van der Waals surface area contributed by atoms with Crippen LogP contribution in [0.15, 0.2) is 18.2 Å². The van der Waals surface area contributed by atoms with Gasteiger partial charge in [0.25, 0.3) is 0 Å². The Hall–Kier alpha value is -1.95. The third-order valence-corrected chi connectivity index (χ3v) is 3.30. The summed E-state index contributed by atoms with van der Waals surface area (Å²) in [6.45, 7) is 0.953. The van der Waals surface area contributed by atoms with Gasteiger partial charge in [0.2, 0.25) is 11.8 Å². The van der Waals surface area contributed by atoms with Crippen molar-refractivity contribution >= 4 is 11.8 Å². The Morgan fingerprint density at radius 3 is 2.84 bits per heavy atom. The lowest BCUT2D eigenvalue weighted by Crippen LogP contribution is -2.36. The van der Waals surface area contributed by atoms with Crippen LogP contribution in [0.5, 0.6) is 0 Å². The molecule has 19 heavy (non-hydrogen) atoms. The minimum atomic E-state index is -0.661. The average Bonchev–Trinajstić information content (AvgIpc) is 2.68. The zero-order chi connectivity index (χ0) is 14.0. The molecule has 1 saturated heterocycles.